The molecular formula is C16H15ClN4O6S. The predicted octanol–water partition coefficient (Wildman–Crippen LogP) is 0.823. The number of carbonyl (C=O) groups excluding carboxylic acids is 3. The highest BCUT2D eigenvalue weighted by Crippen LogP contribution is 2.36. The number of benzene rings is 1. The van der Waals surface area contributed by atoms with Gasteiger partial charge in [-0.15, -0.1) is 5.10 Å². The van der Waals surface area contributed by atoms with Gasteiger partial charge in [0.15, 0.2) is 23.3 Å². The van der Waals surface area contributed by atoms with E-state index in [1.165, 1.54) is 26.5 Å². The van der Waals surface area contributed by atoms with Gasteiger partial charge in [-0.3, -0.25) is 14.9 Å². The lowest BCUT2D eigenvalue weighted by Crippen LogP contribution is -2.20. The summed E-state index contributed by atoms with van der Waals surface area (Å²) in [7, 11) is 2.61. The number of ether oxygens (including phenoxy) is 3. The minimum Gasteiger partial charge on any atom is -0.493 e. The Labute approximate surface area is 168 Å². The molecule has 148 valence electrons. The molecule has 1 aromatic carbocycles. The lowest BCUT2D eigenvalue weighted by atomic mass is 10.2. The average Bonchev–Trinajstić information content (AvgIpc) is 2.99. The van der Waals surface area contributed by atoms with Crippen LogP contribution in [0.5, 0.6) is 11.5 Å². The molecule has 1 aromatic rings. The maximum Gasteiger partial charge on any atom is 0.331 e. The minimum absolute atomic E-state index is 0.140. The Balaban J connectivity index is 2.14. The summed E-state index contributed by atoms with van der Waals surface area (Å²) in [4.78, 5) is 33.9. The fourth-order valence-corrected chi connectivity index (χ4v) is 2.90. The van der Waals surface area contributed by atoms with Crippen LogP contribution in [-0.2, 0) is 19.1 Å². The summed E-state index contributed by atoms with van der Waals surface area (Å²) in [6.07, 6.45) is 2.43. The quantitative estimate of drug-likeness (QED) is 0.284. The van der Waals surface area contributed by atoms with Gasteiger partial charge in [0, 0.05) is 11.6 Å². The zero-order valence-corrected chi connectivity index (χ0v) is 16.3. The van der Waals surface area contributed by atoms with Crippen LogP contribution in [0.15, 0.2) is 33.3 Å². The van der Waals surface area contributed by atoms with Crippen molar-refractivity contribution >= 4 is 52.5 Å². The third-order valence-electron chi connectivity index (χ3n) is 3.07. The number of amidine groups is 1. The number of hydrogen-bond donors (Lipinski definition) is 2. The molecule has 1 heterocycles. The molecular weight excluding hydrogens is 412 g/mol. The Hall–Kier alpha value is -3.05. The van der Waals surface area contributed by atoms with Crippen LogP contribution in [0.4, 0.5) is 0 Å². The third kappa shape index (κ3) is 5.72. The second-order valence-corrected chi connectivity index (χ2v) is 6.46. The monoisotopic (exact) mass is 426 g/mol. The number of primary amides is 1. The van der Waals surface area contributed by atoms with Crippen molar-refractivity contribution in [2.24, 2.45) is 15.9 Å². The molecule has 2 amide bonds. The van der Waals surface area contributed by atoms with E-state index in [-0.39, 0.29) is 33.2 Å². The Morgan fingerprint density at radius 3 is 2.75 bits per heavy atom. The molecule has 0 spiro atoms. The second-order valence-electron chi connectivity index (χ2n) is 5.03. The zero-order valence-electron chi connectivity index (χ0n) is 14.7. The summed E-state index contributed by atoms with van der Waals surface area (Å²) in [6, 6.07) is 3.09. The topological polar surface area (TPSA) is 142 Å². The Kier molecular flexibility index (Phi) is 7.41. The van der Waals surface area contributed by atoms with Crippen molar-refractivity contribution in [3.05, 3.63) is 33.7 Å². The van der Waals surface area contributed by atoms with Crippen molar-refractivity contribution in [3.8, 4) is 11.5 Å². The molecule has 0 atom stereocenters. The predicted molar refractivity (Wildman–Crippen MR) is 104 cm³/mol. The second kappa shape index (κ2) is 9.76. The van der Waals surface area contributed by atoms with Gasteiger partial charge < -0.3 is 19.9 Å². The van der Waals surface area contributed by atoms with Crippen LogP contribution in [0.1, 0.15) is 5.56 Å². The van der Waals surface area contributed by atoms with Crippen LogP contribution in [0, 0.1) is 0 Å². The molecule has 1 aliphatic rings. The number of rotatable bonds is 7. The van der Waals surface area contributed by atoms with Crippen molar-refractivity contribution in [2.45, 2.75) is 0 Å². The van der Waals surface area contributed by atoms with Gasteiger partial charge in [-0.2, -0.15) is 5.10 Å². The number of esters is 1. The molecule has 0 bridgehead atoms. The first-order chi connectivity index (χ1) is 13.3. The number of halogens is 1. The van der Waals surface area contributed by atoms with E-state index in [0.29, 0.717) is 5.56 Å². The van der Waals surface area contributed by atoms with E-state index in [4.69, 9.17) is 26.8 Å². The Morgan fingerprint density at radius 1 is 1.36 bits per heavy atom. The smallest absolute Gasteiger partial charge is 0.331 e. The van der Waals surface area contributed by atoms with Gasteiger partial charge in [-0.1, -0.05) is 11.6 Å². The maximum absolute atomic E-state index is 11.7. The summed E-state index contributed by atoms with van der Waals surface area (Å²) in [6.45, 7) is -0.352. The molecule has 3 N–H and O–H groups in total. The van der Waals surface area contributed by atoms with Crippen molar-refractivity contribution < 1.29 is 28.6 Å². The van der Waals surface area contributed by atoms with Gasteiger partial charge in [0.05, 0.1) is 30.4 Å². The van der Waals surface area contributed by atoms with Gasteiger partial charge in [-0.05, 0) is 23.9 Å². The molecule has 0 radical (unpaired) electrons. The molecule has 1 fully saturated rings. The van der Waals surface area contributed by atoms with Crippen molar-refractivity contribution in [1.29, 1.82) is 0 Å². The van der Waals surface area contributed by atoms with Crippen molar-refractivity contribution in [2.75, 3.05) is 20.8 Å². The molecule has 10 nitrogen and oxygen atoms in total. The fourth-order valence-electron chi connectivity index (χ4n) is 1.89. The van der Waals surface area contributed by atoms with Gasteiger partial charge >= 0.3 is 5.97 Å². The molecule has 0 unspecified atom stereocenters. The van der Waals surface area contributed by atoms with E-state index in [1.807, 2.05) is 0 Å². The van der Waals surface area contributed by atoms with E-state index >= 15 is 0 Å². The number of thioether (sulfide) groups is 1. The van der Waals surface area contributed by atoms with Gasteiger partial charge in [0.25, 0.3) is 11.8 Å². The summed E-state index contributed by atoms with van der Waals surface area (Å²) in [5.74, 6) is -1.35. The first kappa shape index (κ1) is 21.3. The fraction of sp³-hybridized carbons (Fsp3) is 0.188. The molecule has 12 heteroatoms. The van der Waals surface area contributed by atoms with E-state index in [1.54, 1.807) is 6.07 Å². The largest absolute Gasteiger partial charge is 0.493 e. The highest BCUT2D eigenvalue weighted by molar-refractivity contribution is 8.18. The van der Waals surface area contributed by atoms with Crippen LogP contribution in [0.25, 0.3) is 0 Å². The van der Waals surface area contributed by atoms with E-state index in [2.05, 4.69) is 20.3 Å². The molecule has 2 rings (SSSR count). The van der Waals surface area contributed by atoms with Gasteiger partial charge in [0.2, 0.25) is 0 Å². The molecule has 1 aliphatic heterocycles. The maximum atomic E-state index is 11.7. The SMILES string of the molecule is COC(=O)/C=C1/S/C(=N\N=Cc2cc(Cl)c(OCC(N)=O)c(OC)c2)NC1=O. The zero-order chi connectivity index (χ0) is 20.7. The van der Waals surface area contributed by atoms with Crippen LogP contribution in [0.2, 0.25) is 5.02 Å². The van der Waals surface area contributed by atoms with Crippen LogP contribution in [0.3, 0.4) is 0 Å². The van der Waals surface area contributed by atoms with Crippen LogP contribution >= 0.6 is 23.4 Å². The third-order valence-corrected chi connectivity index (χ3v) is 4.25. The lowest BCUT2D eigenvalue weighted by molar-refractivity contribution is -0.135. The number of carbonyl (C=O) groups is 3. The minimum atomic E-state index is -0.656. The molecule has 0 saturated carbocycles. The summed E-state index contributed by atoms with van der Waals surface area (Å²) < 4.78 is 14.9. The Morgan fingerprint density at radius 2 is 2.11 bits per heavy atom. The van der Waals surface area contributed by atoms with E-state index < -0.39 is 17.8 Å². The summed E-state index contributed by atoms with van der Waals surface area (Å²) in [5, 5.41) is 10.6. The van der Waals surface area contributed by atoms with Crippen molar-refractivity contribution in [1.82, 2.24) is 5.32 Å². The first-order valence-corrected chi connectivity index (χ1v) is 8.72. The molecule has 0 aromatic heterocycles. The summed E-state index contributed by atoms with van der Waals surface area (Å²) >= 11 is 7.08. The lowest BCUT2D eigenvalue weighted by Gasteiger charge is -2.11. The normalized spacial score (nSPS) is 16.5. The number of hydrogen-bond acceptors (Lipinski definition) is 9. The number of nitrogens with zero attached hydrogens (tertiary/aromatic N) is 2. The standard InChI is InChI=1S/C16H15ClN4O6S/c1-25-10-4-8(3-9(17)14(10)27-7-12(18)22)6-19-21-16-20-15(24)11(28-16)5-13(23)26-2/h3-6H,7H2,1-2H3,(H2,18,22)(H,20,21,24)/b11-5+,19-6?. The van der Waals surface area contributed by atoms with E-state index in [0.717, 1.165) is 17.8 Å². The highest BCUT2D eigenvalue weighted by atomic mass is 35.5. The molecule has 1 saturated heterocycles. The van der Waals surface area contributed by atoms with E-state index in [9.17, 15) is 14.4 Å². The summed E-state index contributed by atoms with van der Waals surface area (Å²) in [5.41, 5.74) is 5.57. The number of nitrogens with two attached hydrogens (primary N) is 1. The highest BCUT2D eigenvalue weighted by Gasteiger charge is 2.25. The number of methoxy groups -OCH3 is 2. The Bertz CT molecular complexity index is 899. The average molecular weight is 427 g/mol. The first-order valence-electron chi connectivity index (χ1n) is 7.52. The van der Waals surface area contributed by atoms with Crippen LogP contribution < -0.4 is 20.5 Å². The molecule has 28 heavy (non-hydrogen) atoms. The van der Waals surface area contributed by atoms with Gasteiger partial charge in [0.1, 0.15) is 0 Å². The van der Waals surface area contributed by atoms with Crippen molar-refractivity contribution in [3.63, 3.8) is 0 Å². The van der Waals surface area contributed by atoms with Gasteiger partial charge in [-0.25, -0.2) is 4.79 Å². The number of nitrogens with one attached hydrogen (secondary N) is 1. The number of amides is 2. The molecule has 0 aliphatic carbocycles. The van der Waals surface area contributed by atoms with Crippen LogP contribution in [-0.4, -0.2) is 50.0 Å².